The van der Waals surface area contributed by atoms with Crippen LogP contribution in [0.15, 0.2) is 81.6 Å². The van der Waals surface area contributed by atoms with E-state index in [0.717, 1.165) is 10.6 Å². The lowest BCUT2D eigenvalue weighted by Crippen LogP contribution is -2.25. The molecule has 2 heterocycles. The number of rotatable bonds is 6. The van der Waals surface area contributed by atoms with Crippen LogP contribution in [0, 0.1) is 11.6 Å². The second-order valence-corrected chi connectivity index (χ2v) is 11.9. The van der Waals surface area contributed by atoms with E-state index in [2.05, 4.69) is 10.3 Å². The van der Waals surface area contributed by atoms with E-state index in [9.17, 15) is 22.0 Å². The fourth-order valence-electron chi connectivity index (χ4n) is 4.90. The molecule has 12 heteroatoms. The third-order valence-electron chi connectivity index (χ3n) is 7.17. The van der Waals surface area contributed by atoms with Gasteiger partial charge < -0.3 is 19.9 Å². The summed E-state index contributed by atoms with van der Waals surface area (Å²) in [6.45, 7) is 0. The maximum atomic E-state index is 14.4. The van der Waals surface area contributed by atoms with E-state index in [4.69, 9.17) is 14.6 Å². The van der Waals surface area contributed by atoms with Gasteiger partial charge in [-0.05, 0) is 60.2 Å². The molecule has 0 bridgehead atoms. The minimum Gasteiger partial charge on any atom is -0.455 e. The third-order valence-corrected chi connectivity index (χ3v) is 8.36. The minimum absolute atomic E-state index is 0.0446. The van der Waals surface area contributed by atoms with Crippen molar-refractivity contribution in [1.82, 2.24) is 10.3 Å². The van der Waals surface area contributed by atoms with Gasteiger partial charge in [0.25, 0.3) is 5.91 Å². The summed E-state index contributed by atoms with van der Waals surface area (Å²) in [4.78, 5) is 17.4. The van der Waals surface area contributed by atoms with Crippen molar-refractivity contribution >= 4 is 49.4 Å². The van der Waals surface area contributed by atoms with Crippen molar-refractivity contribution in [3.05, 3.63) is 90.0 Å². The average Bonchev–Trinajstić information content (AvgIpc) is 3.58. The zero-order valence-electron chi connectivity index (χ0n) is 23.1. The number of hydrogen-bond donors (Lipinski definition) is 2. The number of carbonyl (C=O) groups excluding carboxylic acids is 1. The lowest BCUT2D eigenvalue weighted by atomic mass is 9.96. The topological polar surface area (TPSA) is 132 Å². The van der Waals surface area contributed by atoms with E-state index < -0.39 is 27.6 Å². The molecule has 6 aromatic rings. The SMILES string of the molecule is CNC(=O)c1c(-c2ccc(F)cc2)oc2cc(N(C)S(C)(=O)=O)c(-c3ccc(N)c(-c4nc5c(F)cccc5o4)c3)cc12. The van der Waals surface area contributed by atoms with Crippen molar-refractivity contribution in [2.24, 2.45) is 0 Å². The van der Waals surface area contributed by atoms with Crippen molar-refractivity contribution in [3.8, 4) is 33.9 Å². The highest BCUT2D eigenvalue weighted by Gasteiger charge is 2.26. The Bertz CT molecular complexity index is 2170. The molecule has 0 saturated heterocycles. The van der Waals surface area contributed by atoms with E-state index >= 15 is 0 Å². The standard InChI is InChI=1S/C31H24F2N4O5S/c1-35-30(38)27-21-14-19(17-9-12-23(34)20(13-17)31-36-28-22(33)5-4-6-25(28)42-31)24(37(2)43(3,39)40)15-26(21)41-29(27)16-7-10-18(32)11-8-16/h4-15H,34H2,1-3H3,(H,35,38). The number of sulfonamides is 1. The van der Waals surface area contributed by atoms with Gasteiger partial charge in [-0.3, -0.25) is 9.10 Å². The summed E-state index contributed by atoms with van der Waals surface area (Å²) in [5, 5.41) is 3.00. The van der Waals surface area contributed by atoms with E-state index in [1.165, 1.54) is 56.6 Å². The molecule has 0 radical (unpaired) electrons. The van der Waals surface area contributed by atoms with Gasteiger partial charge in [-0.25, -0.2) is 22.2 Å². The van der Waals surface area contributed by atoms with E-state index in [1.54, 1.807) is 30.3 Å². The summed E-state index contributed by atoms with van der Waals surface area (Å²) in [7, 11) is -0.891. The maximum absolute atomic E-state index is 14.4. The molecule has 43 heavy (non-hydrogen) atoms. The number of fused-ring (bicyclic) bond motifs is 2. The van der Waals surface area contributed by atoms with Crippen molar-refractivity contribution in [2.75, 3.05) is 30.4 Å². The van der Waals surface area contributed by atoms with Crippen LogP contribution in [0.1, 0.15) is 10.4 Å². The minimum atomic E-state index is -3.76. The van der Waals surface area contributed by atoms with Crippen LogP contribution < -0.4 is 15.4 Å². The number of halogens is 2. The Labute approximate surface area is 244 Å². The van der Waals surface area contributed by atoms with Crippen molar-refractivity contribution < 1.29 is 30.8 Å². The first-order chi connectivity index (χ1) is 20.5. The van der Waals surface area contributed by atoms with Crippen LogP contribution >= 0.6 is 0 Å². The van der Waals surface area contributed by atoms with Crippen LogP contribution in [0.25, 0.3) is 56.0 Å². The molecule has 2 aromatic heterocycles. The van der Waals surface area contributed by atoms with Crippen molar-refractivity contribution in [3.63, 3.8) is 0 Å². The second kappa shape index (κ2) is 10.2. The third kappa shape index (κ3) is 4.85. The number of carbonyl (C=O) groups is 1. The summed E-state index contributed by atoms with van der Waals surface area (Å²) in [6, 6.07) is 17.9. The first kappa shape index (κ1) is 27.9. The lowest BCUT2D eigenvalue weighted by molar-refractivity contribution is 0.0964. The number of amides is 1. The molecule has 9 nitrogen and oxygen atoms in total. The quantitative estimate of drug-likeness (QED) is 0.217. The van der Waals surface area contributed by atoms with Gasteiger partial charge in [-0.15, -0.1) is 0 Å². The number of furan rings is 1. The summed E-state index contributed by atoms with van der Waals surface area (Å²) < 4.78 is 66.5. The molecule has 4 aromatic carbocycles. The highest BCUT2D eigenvalue weighted by molar-refractivity contribution is 7.92. The van der Waals surface area contributed by atoms with Crippen LogP contribution in [0.3, 0.4) is 0 Å². The normalized spacial score (nSPS) is 11.7. The van der Waals surface area contributed by atoms with Gasteiger partial charge in [0.2, 0.25) is 15.9 Å². The number of oxazole rings is 1. The number of nitrogens with one attached hydrogen (secondary N) is 1. The van der Waals surface area contributed by atoms with E-state index in [0.29, 0.717) is 33.3 Å². The van der Waals surface area contributed by atoms with Crippen LogP contribution in [0.5, 0.6) is 0 Å². The molecule has 0 aliphatic carbocycles. The van der Waals surface area contributed by atoms with Gasteiger partial charge in [0.05, 0.1) is 23.1 Å². The van der Waals surface area contributed by atoms with Gasteiger partial charge in [0.15, 0.2) is 11.4 Å². The molecule has 0 fully saturated rings. The molecule has 0 atom stereocenters. The van der Waals surface area contributed by atoms with Crippen LogP contribution in [-0.4, -0.2) is 39.7 Å². The van der Waals surface area contributed by atoms with Gasteiger partial charge >= 0.3 is 0 Å². The summed E-state index contributed by atoms with van der Waals surface area (Å²) in [6.07, 6.45) is 1.06. The number of nitrogen functional groups attached to an aromatic ring is 1. The first-order valence-electron chi connectivity index (χ1n) is 12.9. The van der Waals surface area contributed by atoms with Gasteiger partial charge in [-0.1, -0.05) is 12.1 Å². The van der Waals surface area contributed by atoms with Crippen LogP contribution in [-0.2, 0) is 10.0 Å². The number of nitrogens with two attached hydrogens (primary N) is 1. The Morgan fingerprint density at radius 3 is 2.33 bits per heavy atom. The highest BCUT2D eigenvalue weighted by Crippen LogP contribution is 2.43. The fourth-order valence-corrected chi connectivity index (χ4v) is 5.41. The molecule has 218 valence electrons. The van der Waals surface area contributed by atoms with Crippen molar-refractivity contribution in [2.45, 2.75) is 0 Å². The maximum Gasteiger partial charge on any atom is 0.255 e. The molecule has 0 aliphatic rings. The zero-order chi connectivity index (χ0) is 30.6. The van der Waals surface area contributed by atoms with E-state index in [-0.39, 0.29) is 39.6 Å². The molecule has 0 unspecified atom stereocenters. The second-order valence-electron chi connectivity index (χ2n) is 9.90. The summed E-state index contributed by atoms with van der Waals surface area (Å²) in [5.41, 5.74) is 9.25. The largest absolute Gasteiger partial charge is 0.455 e. The molecule has 6 rings (SSSR count). The van der Waals surface area contributed by atoms with Gasteiger partial charge in [0, 0.05) is 42.4 Å². The number of para-hydroxylation sites is 1. The van der Waals surface area contributed by atoms with Crippen molar-refractivity contribution in [1.29, 1.82) is 0 Å². The Balaban J connectivity index is 1.63. The molecule has 0 spiro atoms. The van der Waals surface area contributed by atoms with Crippen LogP contribution in [0.2, 0.25) is 0 Å². The average molecular weight is 603 g/mol. The van der Waals surface area contributed by atoms with Crippen LogP contribution in [0.4, 0.5) is 20.2 Å². The Hall–Kier alpha value is -5.23. The Morgan fingerprint density at radius 1 is 0.930 bits per heavy atom. The number of hydrogen-bond acceptors (Lipinski definition) is 7. The number of nitrogens with zero attached hydrogens (tertiary/aromatic N) is 2. The lowest BCUT2D eigenvalue weighted by Gasteiger charge is -2.21. The highest BCUT2D eigenvalue weighted by atomic mass is 32.2. The fraction of sp³-hybridized carbons (Fsp3) is 0.0968. The van der Waals surface area contributed by atoms with E-state index in [1.807, 2.05) is 0 Å². The number of benzene rings is 4. The molecular weight excluding hydrogens is 578 g/mol. The first-order valence-corrected chi connectivity index (χ1v) is 14.8. The smallest absolute Gasteiger partial charge is 0.255 e. The van der Waals surface area contributed by atoms with Gasteiger partial charge in [-0.2, -0.15) is 0 Å². The Kier molecular flexibility index (Phi) is 6.65. The summed E-state index contributed by atoms with van der Waals surface area (Å²) >= 11 is 0. The molecule has 0 aliphatic heterocycles. The molecule has 0 saturated carbocycles. The number of aromatic nitrogens is 1. The predicted octanol–water partition coefficient (Wildman–Crippen LogP) is 6.19. The molecule has 1 amide bonds. The molecular formula is C31H24F2N4O5S. The monoisotopic (exact) mass is 602 g/mol. The Morgan fingerprint density at radius 2 is 1.65 bits per heavy atom. The van der Waals surface area contributed by atoms with Gasteiger partial charge in [0.1, 0.15) is 22.7 Å². The number of anilines is 2. The zero-order valence-corrected chi connectivity index (χ0v) is 23.9. The molecule has 3 N–H and O–H groups in total. The predicted molar refractivity (Wildman–Crippen MR) is 161 cm³/mol. The summed E-state index contributed by atoms with van der Waals surface area (Å²) in [5.74, 6) is -1.21.